The molecule has 1 amide bonds. The molecule has 2 aromatic heterocycles. The van der Waals surface area contributed by atoms with E-state index < -0.39 is 11.6 Å². The van der Waals surface area contributed by atoms with Crippen LogP contribution in [0, 0.1) is 11.6 Å². The standard InChI is InChI=1S/C22H24F2N6O/c23-13-3-6-18(24)16(10-13)19-2-1-8-29(19)20-7-9-30-21(28-20)17(12-26-30)22(31)27-15-5-4-14(25)11-15/h3,6-7,9-10,12,14-15,19H,1-2,4-5,8,11,25H2,(H,27,31)/t14-,15-,19+/m0/s1. The fourth-order valence-corrected chi connectivity index (χ4v) is 4.72. The number of anilines is 1. The second-order valence-electron chi connectivity index (χ2n) is 8.37. The van der Waals surface area contributed by atoms with Gasteiger partial charge in [0, 0.05) is 30.4 Å². The van der Waals surface area contributed by atoms with Crippen LogP contribution in [0.4, 0.5) is 14.6 Å². The molecule has 2 aliphatic rings. The molecule has 1 aliphatic carbocycles. The number of nitrogens with two attached hydrogens (primary N) is 1. The van der Waals surface area contributed by atoms with Gasteiger partial charge in [0.15, 0.2) is 5.65 Å². The molecule has 7 nitrogen and oxygen atoms in total. The van der Waals surface area contributed by atoms with Gasteiger partial charge in [-0.05, 0) is 56.4 Å². The largest absolute Gasteiger partial charge is 0.349 e. The van der Waals surface area contributed by atoms with Crippen molar-refractivity contribution in [1.82, 2.24) is 19.9 Å². The molecule has 5 rings (SSSR count). The minimum Gasteiger partial charge on any atom is -0.349 e. The summed E-state index contributed by atoms with van der Waals surface area (Å²) in [6.45, 7) is 0.666. The molecular weight excluding hydrogens is 402 g/mol. The molecule has 1 saturated carbocycles. The van der Waals surface area contributed by atoms with E-state index in [1.165, 1.54) is 12.3 Å². The van der Waals surface area contributed by atoms with Gasteiger partial charge in [0.2, 0.25) is 0 Å². The zero-order chi connectivity index (χ0) is 21.5. The van der Waals surface area contributed by atoms with Crippen molar-refractivity contribution < 1.29 is 13.6 Å². The predicted octanol–water partition coefficient (Wildman–Crippen LogP) is 2.96. The Morgan fingerprint density at radius 2 is 2.06 bits per heavy atom. The highest BCUT2D eigenvalue weighted by atomic mass is 19.1. The van der Waals surface area contributed by atoms with Crippen LogP contribution in [-0.4, -0.2) is 39.1 Å². The van der Waals surface area contributed by atoms with E-state index in [0.717, 1.165) is 37.8 Å². The first kappa shape index (κ1) is 19.9. The molecule has 9 heteroatoms. The predicted molar refractivity (Wildman–Crippen MR) is 112 cm³/mol. The number of hydrogen-bond donors (Lipinski definition) is 2. The summed E-state index contributed by atoms with van der Waals surface area (Å²) in [5.74, 6) is -0.518. The first-order valence-electron chi connectivity index (χ1n) is 10.6. The molecule has 3 atom stereocenters. The Labute approximate surface area is 178 Å². The minimum absolute atomic E-state index is 0.0551. The highest BCUT2D eigenvalue weighted by Gasteiger charge is 2.30. The third-order valence-corrected chi connectivity index (χ3v) is 6.27. The molecule has 3 heterocycles. The van der Waals surface area contributed by atoms with Gasteiger partial charge in [-0.3, -0.25) is 4.79 Å². The number of aromatic nitrogens is 3. The molecule has 31 heavy (non-hydrogen) atoms. The van der Waals surface area contributed by atoms with Crippen LogP contribution >= 0.6 is 0 Å². The van der Waals surface area contributed by atoms with Crippen LogP contribution in [0.15, 0.2) is 36.7 Å². The van der Waals surface area contributed by atoms with E-state index in [1.807, 2.05) is 4.90 Å². The molecule has 1 saturated heterocycles. The molecule has 1 aromatic carbocycles. The van der Waals surface area contributed by atoms with Crippen molar-refractivity contribution in [3.63, 3.8) is 0 Å². The Kier molecular flexibility index (Phi) is 5.05. The maximum absolute atomic E-state index is 14.4. The van der Waals surface area contributed by atoms with Gasteiger partial charge in [0.1, 0.15) is 23.0 Å². The number of nitrogens with one attached hydrogen (secondary N) is 1. The van der Waals surface area contributed by atoms with Crippen LogP contribution in [-0.2, 0) is 0 Å². The van der Waals surface area contributed by atoms with Crippen LogP contribution in [0.25, 0.3) is 5.65 Å². The maximum atomic E-state index is 14.4. The van der Waals surface area contributed by atoms with Gasteiger partial charge >= 0.3 is 0 Å². The van der Waals surface area contributed by atoms with E-state index in [4.69, 9.17) is 5.73 Å². The molecule has 0 radical (unpaired) electrons. The lowest BCUT2D eigenvalue weighted by molar-refractivity contribution is 0.0939. The van der Waals surface area contributed by atoms with Crippen LogP contribution in [0.1, 0.15) is 54.1 Å². The first-order chi connectivity index (χ1) is 15.0. The lowest BCUT2D eigenvalue weighted by Gasteiger charge is -2.26. The summed E-state index contributed by atoms with van der Waals surface area (Å²) in [7, 11) is 0. The number of hydrogen-bond acceptors (Lipinski definition) is 5. The van der Waals surface area contributed by atoms with Gasteiger partial charge in [0.05, 0.1) is 12.2 Å². The van der Waals surface area contributed by atoms with Crippen molar-refractivity contribution in [2.45, 2.75) is 50.2 Å². The number of benzene rings is 1. The average molecular weight is 426 g/mol. The molecule has 0 unspecified atom stereocenters. The van der Waals surface area contributed by atoms with Gasteiger partial charge in [-0.1, -0.05) is 0 Å². The third kappa shape index (κ3) is 3.74. The summed E-state index contributed by atoms with van der Waals surface area (Å²) in [6, 6.07) is 5.18. The van der Waals surface area contributed by atoms with Gasteiger partial charge < -0.3 is 16.0 Å². The molecule has 0 spiro atoms. The molecule has 2 fully saturated rings. The Balaban J connectivity index is 1.44. The Morgan fingerprint density at radius 1 is 1.19 bits per heavy atom. The summed E-state index contributed by atoms with van der Waals surface area (Å²) in [4.78, 5) is 19.5. The van der Waals surface area contributed by atoms with Crippen molar-refractivity contribution in [1.29, 1.82) is 0 Å². The molecule has 162 valence electrons. The molecular formula is C22H24F2N6O. The fourth-order valence-electron chi connectivity index (χ4n) is 4.72. The zero-order valence-corrected chi connectivity index (χ0v) is 17.0. The number of nitrogens with zero attached hydrogens (tertiary/aromatic N) is 4. The molecule has 3 aromatic rings. The summed E-state index contributed by atoms with van der Waals surface area (Å²) in [6.07, 6.45) is 7.29. The second kappa shape index (κ2) is 7.88. The minimum atomic E-state index is -0.465. The zero-order valence-electron chi connectivity index (χ0n) is 17.0. The second-order valence-corrected chi connectivity index (χ2v) is 8.37. The van der Waals surface area contributed by atoms with Crippen molar-refractivity contribution in [3.05, 3.63) is 59.4 Å². The summed E-state index contributed by atoms with van der Waals surface area (Å²) >= 11 is 0. The van der Waals surface area contributed by atoms with Crippen LogP contribution in [0.5, 0.6) is 0 Å². The molecule has 3 N–H and O–H groups in total. The van der Waals surface area contributed by atoms with Gasteiger partial charge in [-0.15, -0.1) is 0 Å². The van der Waals surface area contributed by atoms with Gasteiger partial charge in [-0.25, -0.2) is 18.3 Å². The van der Waals surface area contributed by atoms with E-state index in [0.29, 0.717) is 35.6 Å². The Hall–Kier alpha value is -3.07. The summed E-state index contributed by atoms with van der Waals surface area (Å²) < 4.78 is 29.7. The van der Waals surface area contributed by atoms with Gasteiger partial charge in [0.25, 0.3) is 5.91 Å². The SMILES string of the molecule is N[C@H]1CC[C@H](NC(=O)c2cnn3ccc(N4CCC[C@@H]4c4cc(F)ccc4F)nc23)C1. The van der Waals surface area contributed by atoms with E-state index >= 15 is 0 Å². The number of rotatable bonds is 4. The monoisotopic (exact) mass is 426 g/mol. The lowest BCUT2D eigenvalue weighted by atomic mass is 10.0. The number of carbonyl (C=O) groups excluding carboxylic acids is 1. The van der Waals surface area contributed by atoms with Crippen molar-refractivity contribution in [2.75, 3.05) is 11.4 Å². The topological polar surface area (TPSA) is 88.5 Å². The maximum Gasteiger partial charge on any atom is 0.256 e. The van der Waals surface area contributed by atoms with E-state index in [-0.39, 0.29) is 24.0 Å². The van der Waals surface area contributed by atoms with Gasteiger partial charge in [-0.2, -0.15) is 5.10 Å². The smallest absolute Gasteiger partial charge is 0.256 e. The van der Waals surface area contributed by atoms with Crippen molar-refractivity contribution in [3.8, 4) is 0 Å². The molecule has 1 aliphatic heterocycles. The Morgan fingerprint density at radius 3 is 2.87 bits per heavy atom. The van der Waals surface area contributed by atoms with Crippen molar-refractivity contribution >= 4 is 17.4 Å². The average Bonchev–Trinajstić information content (AvgIpc) is 3.48. The highest BCUT2D eigenvalue weighted by Crippen LogP contribution is 2.36. The van der Waals surface area contributed by atoms with Crippen LogP contribution in [0.3, 0.4) is 0 Å². The fraction of sp³-hybridized carbons (Fsp3) is 0.409. The van der Waals surface area contributed by atoms with E-state index in [2.05, 4.69) is 15.4 Å². The Bertz CT molecular complexity index is 1130. The van der Waals surface area contributed by atoms with E-state index in [1.54, 1.807) is 16.8 Å². The quantitative estimate of drug-likeness (QED) is 0.670. The summed E-state index contributed by atoms with van der Waals surface area (Å²) in [5.41, 5.74) is 7.08. The number of halogens is 2. The molecule has 0 bridgehead atoms. The van der Waals surface area contributed by atoms with E-state index in [9.17, 15) is 13.6 Å². The number of carbonyl (C=O) groups is 1. The first-order valence-corrected chi connectivity index (χ1v) is 10.6. The number of amides is 1. The third-order valence-electron chi connectivity index (χ3n) is 6.27. The normalized spacial score (nSPS) is 23.6. The highest BCUT2D eigenvalue weighted by molar-refractivity contribution is 6.00. The number of fused-ring (bicyclic) bond motifs is 1. The summed E-state index contributed by atoms with van der Waals surface area (Å²) in [5, 5.41) is 7.26. The van der Waals surface area contributed by atoms with Crippen LogP contribution < -0.4 is 16.0 Å². The van der Waals surface area contributed by atoms with Crippen LogP contribution in [0.2, 0.25) is 0 Å². The lowest BCUT2D eigenvalue weighted by Crippen LogP contribution is -2.34. The van der Waals surface area contributed by atoms with Crippen molar-refractivity contribution in [2.24, 2.45) is 5.73 Å².